The van der Waals surface area contributed by atoms with Gasteiger partial charge in [0.1, 0.15) is 0 Å². The lowest BCUT2D eigenvalue weighted by Crippen LogP contribution is -2.40. The summed E-state index contributed by atoms with van der Waals surface area (Å²) in [6, 6.07) is 8.61. The minimum atomic E-state index is 0. The van der Waals surface area contributed by atoms with Gasteiger partial charge in [0, 0.05) is 43.4 Å². The molecule has 0 radical (unpaired) electrons. The van der Waals surface area contributed by atoms with Gasteiger partial charge in [0.05, 0.1) is 0 Å². The molecule has 7 heteroatoms. The van der Waals surface area contributed by atoms with Crippen molar-refractivity contribution in [3.63, 3.8) is 0 Å². The van der Waals surface area contributed by atoms with E-state index in [-0.39, 0.29) is 24.0 Å². The Hall–Kier alpha value is -0.150. The van der Waals surface area contributed by atoms with Gasteiger partial charge in [0.25, 0.3) is 0 Å². The second-order valence-corrected chi connectivity index (χ2v) is 8.06. The van der Waals surface area contributed by atoms with E-state index in [0.29, 0.717) is 5.92 Å². The van der Waals surface area contributed by atoms with Gasteiger partial charge in [-0.05, 0) is 61.5 Å². The molecule has 1 aliphatic rings. The number of halogens is 2. The zero-order valence-corrected chi connectivity index (χ0v) is 19.9. The van der Waals surface area contributed by atoms with Gasteiger partial charge in [-0.2, -0.15) is 11.8 Å². The molecule has 1 aliphatic heterocycles. The molecule has 0 amide bonds. The monoisotopic (exact) mass is 540 g/mol. The number of aliphatic imine (C=N–C) groups is 1. The van der Waals surface area contributed by atoms with Crippen molar-refractivity contribution in [2.75, 3.05) is 50.1 Å². The molecule has 2 rings (SSSR count). The van der Waals surface area contributed by atoms with Crippen LogP contribution in [0.3, 0.4) is 0 Å². The molecule has 1 fully saturated rings. The average Bonchev–Trinajstić information content (AvgIpc) is 3.07. The van der Waals surface area contributed by atoms with Crippen LogP contribution in [0.5, 0.6) is 0 Å². The van der Waals surface area contributed by atoms with Crippen LogP contribution in [0.2, 0.25) is 0 Å². The smallest absolute Gasteiger partial charge is 0.190 e. The van der Waals surface area contributed by atoms with Crippen molar-refractivity contribution >= 4 is 63.3 Å². The van der Waals surface area contributed by atoms with E-state index in [4.69, 9.17) is 0 Å². The number of rotatable bonds is 8. The summed E-state index contributed by atoms with van der Waals surface area (Å²) >= 11 is 5.41. The molecule has 4 nitrogen and oxygen atoms in total. The molecule has 0 aliphatic carbocycles. The first kappa shape index (κ1) is 22.9. The van der Waals surface area contributed by atoms with Gasteiger partial charge in [-0.1, -0.05) is 15.9 Å². The van der Waals surface area contributed by atoms with E-state index in [1.165, 1.54) is 30.7 Å². The normalized spacial score (nSPS) is 17.3. The number of nitrogens with zero attached hydrogens (tertiary/aromatic N) is 2. The predicted molar refractivity (Wildman–Crippen MR) is 127 cm³/mol. The third kappa shape index (κ3) is 8.39. The van der Waals surface area contributed by atoms with Crippen LogP contribution in [0.15, 0.2) is 33.7 Å². The van der Waals surface area contributed by atoms with Crippen LogP contribution in [0.4, 0.5) is 5.69 Å². The van der Waals surface area contributed by atoms with Crippen LogP contribution in [-0.2, 0) is 0 Å². The molecule has 1 unspecified atom stereocenters. The quantitative estimate of drug-likeness (QED) is 0.224. The van der Waals surface area contributed by atoms with Crippen LogP contribution in [0.25, 0.3) is 0 Å². The summed E-state index contributed by atoms with van der Waals surface area (Å²) in [7, 11) is 1.85. The Labute approximate surface area is 182 Å². The SMILES string of the molecule is CN=C(NCCCCSC)NCC1CCN(c2ccc(Br)cc2)C1.I. The van der Waals surface area contributed by atoms with E-state index in [0.717, 1.165) is 36.6 Å². The Bertz CT molecular complexity index is 512. The highest BCUT2D eigenvalue weighted by atomic mass is 127. The topological polar surface area (TPSA) is 39.7 Å². The molecule has 0 aromatic heterocycles. The summed E-state index contributed by atoms with van der Waals surface area (Å²) in [4.78, 5) is 6.79. The van der Waals surface area contributed by atoms with E-state index in [1.54, 1.807) is 0 Å². The van der Waals surface area contributed by atoms with Crippen molar-refractivity contribution in [1.82, 2.24) is 10.6 Å². The Morgan fingerprint density at radius 2 is 2.04 bits per heavy atom. The van der Waals surface area contributed by atoms with Gasteiger partial charge in [0.2, 0.25) is 0 Å². The van der Waals surface area contributed by atoms with Gasteiger partial charge in [0.15, 0.2) is 5.96 Å². The molecular formula is C18H30BrIN4S. The van der Waals surface area contributed by atoms with Crippen LogP contribution >= 0.6 is 51.7 Å². The van der Waals surface area contributed by atoms with Crippen molar-refractivity contribution < 1.29 is 0 Å². The zero-order valence-electron chi connectivity index (χ0n) is 15.1. The molecule has 1 heterocycles. The number of nitrogens with one attached hydrogen (secondary N) is 2. The number of hydrogen-bond acceptors (Lipinski definition) is 3. The largest absolute Gasteiger partial charge is 0.371 e. The summed E-state index contributed by atoms with van der Waals surface area (Å²) in [5.41, 5.74) is 1.32. The van der Waals surface area contributed by atoms with E-state index < -0.39 is 0 Å². The molecule has 1 aromatic carbocycles. The number of benzene rings is 1. The summed E-state index contributed by atoms with van der Waals surface area (Å²) in [6.07, 6.45) is 5.85. The Morgan fingerprint density at radius 3 is 2.72 bits per heavy atom. The fourth-order valence-electron chi connectivity index (χ4n) is 2.93. The van der Waals surface area contributed by atoms with Gasteiger partial charge < -0.3 is 15.5 Å². The maximum absolute atomic E-state index is 4.32. The first-order valence-corrected chi connectivity index (χ1v) is 10.9. The average molecular weight is 541 g/mol. The summed E-state index contributed by atoms with van der Waals surface area (Å²) < 4.78 is 1.14. The number of thioether (sulfide) groups is 1. The Morgan fingerprint density at radius 1 is 1.28 bits per heavy atom. The van der Waals surface area contributed by atoms with Crippen LogP contribution in [-0.4, -0.2) is 51.2 Å². The number of anilines is 1. The van der Waals surface area contributed by atoms with Gasteiger partial charge in [-0.15, -0.1) is 24.0 Å². The summed E-state index contributed by atoms with van der Waals surface area (Å²) in [6.45, 7) is 4.22. The molecule has 25 heavy (non-hydrogen) atoms. The van der Waals surface area contributed by atoms with Crippen molar-refractivity contribution in [3.8, 4) is 0 Å². The first-order valence-electron chi connectivity index (χ1n) is 8.67. The molecular weight excluding hydrogens is 511 g/mol. The molecule has 142 valence electrons. The lowest BCUT2D eigenvalue weighted by atomic mass is 10.1. The number of hydrogen-bond donors (Lipinski definition) is 2. The van der Waals surface area contributed by atoms with E-state index in [2.05, 4.69) is 67.0 Å². The van der Waals surface area contributed by atoms with Gasteiger partial charge in [-0.25, -0.2) is 0 Å². The lowest BCUT2D eigenvalue weighted by molar-refractivity contribution is 0.565. The number of unbranched alkanes of at least 4 members (excludes halogenated alkanes) is 1. The second kappa shape index (κ2) is 13.1. The van der Waals surface area contributed by atoms with Crippen molar-refractivity contribution in [1.29, 1.82) is 0 Å². The predicted octanol–water partition coefficient (Wildman–Crippen LogP) is 4.20. The van der Waals surface area contributed by atoms with Crippen molar-refractivity contribution in [2.45, 2.75) is 19.3 Å². The molecule has 0 bridgehead atoms. The molecule has 1 atom stereocenters. The maximum atomic E-state index is 4.32. The van der Waals surface area contributed by atoms with Crippen molar-refractivity contribution in [3.05, 3.63) is 28.7 Å². The lowest BCUT2D eigenvalue weighted by Gasteiger charge is -2.19. The zero-order chi connectivity index (χ0) is 17.2. The summed E-state index contributed by atoms with van der Waals surface area (Å²) in [5.74, 6) is 2.84. The highest BCUT2D eigenvalue weighted by Gasteiger charge is 2.22. The first-order chi connectivity index (χ1) is 11.7. The molecule has 0 spiro atoms. The molecule has 2 N–H and O–H groups in total. The second-order valence-electron chi connectivity index (χ2n) is 6.16. The highest BCUT2D eigenvalue weighted by molar-refractivity contribution is 14.0. The highest BCUT2D eigenvalue weighted by Crippen LogP contribution is 2.24. The Balaban J connectivity index is 0.00000312. The fourth-order valence-corrected chi connectivity index (χ4v) is 3.68. The molecule has 1 saturated heterocycles. The third-order valence-electron chi connectivity index (χ3n) is 4.33. The van der Waals surface area contributed by atoms with E-state index >= 15 is 0 Å². The minimum absolute atomic E-state index is 0. The fraction of sp³-hybridized carbons (Fsp3) is 0.611. The molecule has 0 saturated carbocycles. The standard InChI is InChI=1S/C18H29BrN4S.HI/c1-20-18(21-10-3-4-12-24-2)22-13-15-9-11-23(14-15)17-7-5-16(19)6-8-17;/h5-8,15H,3-4,9-14H2,1-2H3,(H2,20,21,22);1H. The van der Waals surface area contributed by atoms with Gasteiger partial charge >= 0.3 is 0 Å². The Kier molecular flexibility index (Phi) is 12.0. The third-order valence-corrected chi connectivity index (χ3v) is 5.55. The van der Waals surface area contributed by atoms with E-state index in [9.17, 15) is 0 Å². The van der Waals surface area contributed by atoms with Crippen LogP contribution < -0.4 is 15.5 Å². The number of guanidine groups is 1. The minimum Gasteiger partial charge on any atom is -0.371 e. The van der Waals surface area contributed by atoms with Crippen molar-refractivity contribution in [2.24, 2.45) is 10.9 Å². The van der Waals surface area contributed by atoms with Crippen LogP contribution in [0.1, 0.15) is 19.3 Å². The molecule has 1 aromatic rings. The van der Waals surface area contributed by atoms with Crippen LogP contribution in [0, 0.1) is 5.92 Å². The van der Waals surface area contributed by atoms with E-state index in [1.807, 2.05) is 18.8 Å². The van der Waals surface area contributed by atoms with Gasteiger partial charge in [-0.3, -0.25) is 4.99 Å². The maximum Gasteiger partial charge on any atom is 0.190 e. The summed E-state index contributed by atoms with van der Waals surface area (Å²) in [5, 5.41) is 6.90.